The highest BCUT2D eigenvalue weighted by atomic mass is 14.9. The quantitative estimate of drug-likeness (QED) is 0.623. The summed E-state index contributed by atoms with van der Waals surface area (Å²) in [6.45, 7) is 9.17. The van der Waals surface area contributed by atoms with Crippen LogP contribution in [0.1, 0.15) is 62.8 Å². The van der Waals surface area contributed by atoms with Gasteiger partial charge in [-0.25, -0.2) is 0 Å². The fourth-order valence-corrected chi connectivity index (χ4v) is 4.70. The van der Waals surface area contributed by atoms with E-state index in [2.05, 4.69) is 76.2 Å². The average Bonchev–Trinajstić information content (AvgIpc) is 2.66. The molecule has 28 heavy (non-hydrogen) atoms. The van der Waals surface area contributed by atoms with Crippen molar-refractivity contribution in [1.82, 2.24) is 0 Å². The number of hydrogen-bond acceptors (Lipinski definition) is 2. The molecular formula is C26H32N2. The van der Waals surface area contributed by atoms with Crippen molar-refractivity contribution >= 4 is 11.4 Å². The van der Waals surface area contributed by atoms with Gasteiger partial charge in [-0.1, -0.05) is 76.2 Å². The topological polar surface area (TPSA) is 24.7 Å². The van der Waals surface area contributed by atoms with Crippen LogP contribution < -0.4 is 0 Å². The average molecular weight is 373 g/mol. The summed E-state index contributed by atoms with van der Waals surface area (Å²) in [4.78, 5) is 10.6. The summed E-state index contributed by atoms with van der Waals surface area (Å²) in [6, 6.07) is 18.3. The van der Waals surface area contributed by atoms with Crippen molar-refractivity contribution in [2.75, 3.05) is 0 Å². The van der Waals surface area contributed by atoms with Gasteiger partial charge in [0.1, 0.15) is 0 Å². The number of fused-ring (bicyclic) bond motifs is 2. The van der Waals surface area contributed by atoms with E-state index in [-0.39, 0.29) is 0 Å². The van der Waals surface area contributed by atoms with Gasteiger partial charge in [-0.05, 0) is 48.6 Å². The van der Waals surface area contributed by atoms with Crippen LogP contribution in [0, 0.1) is 11.8 Å². The molecule has 0 radical (unpaired) electrons. The summed E-state index contributed by atoms with van der Waals surface area (Å²) in [5.41, 5.74) is 7.64. The van der Waals surface area contributed by atoms with Crippen LogP contribution in [0.25, 0.3) is 0 Å². The predicted octanol–water partition coefficient (Wildman–Crippen LogP) is 5.91. The van der Waals surface area contributed by atoms with Gasteiger partial charge in [0.25, 0.3) is 0 Å². The van der Waals surface area contributed by atoms with Gasteiger partial charge >= 0.3 is 0 Å². The second-order valence-corrected chi connectivity index (χ2v) is 9.24. The Morgan fingerprint density at radius 2 is 1.07 bits per heavy atom. The van der Waals surface area contributed by atoms with Crippen molar-refractivity contribution in [3.63, 3.8) is 0 Å². The molecule has 0 N–H and O–H groups in total. The molecule has 0 saturated carbocycles. The number of rotatable bonds is 5. The Kier molecular flexibility index (Phi) is 5.48. The maximum absolute atomic E-state index is 5.29. The molecular weight excluding hydrogens is 340 g/mol. The van der Waals surface area contributed by atoms with Gasteiger partial charge in [-0.3, -0.25) is 9.98 Å². The van der Waals surface area contributed by atoms with Crippen LogP contribution in [-0.2, 0) is 12.8 Å². The molecule has 2 aromatic carbocycles. The van der Waals surface area contributed by atoms with Crippen molar-refractivity contribution in [2.24, 2.45) is 21.8 Å². The van der Waals surface area contributed by atoms with Crippen LogP contribution in [0.3, 0.4) is 0 Å². The smallest absolute Gasteiger partial charge is 0.0911 e. The van der Waals surface area contributed by atoms with Gasteiger partial charge in [0.05, 0.1) is 23.5 Å². The lowest BCUT2D eigenvalue weighted by Gasteiger charge is -2.29. The van der Waals surface area contributed by atoms with Gasteiger partial charge < -0.3 is 0 Å². The second kappa shape index (κ2) is 8.03. The first-order valence-corrected chi connectivity index (χ1v) is 10.8. The molecule has 2 heteroatoms. The SMILES string of the molecule is CC(C)C[C@H]1Cc2ccccc2C(C2=N[C@@H](CC(C)C)Cc3ccccc32)=N1. The largest absolute Gasteiger partial charge is 0.279 e. The van der Waals surface area contributed by atoms with Crippen LogP contribution >= 0.6 is 0 Å². The van der Waals surface area contributed by atoms with Crippen molar-refractivity contribution in [3.05, 3.63) is 70.8 Å². The molecule has 0 unspecified atom stereocenters. The zero-order valence-electron chi connectivity index (χ0n) is 17.7. The van der Waals surface area contributed by atoms with Crippen molar-refractivity contribution in [1.29, 1.82) is 0 Å². The standard InChI is InChI=1S/C26H32N2/c1-17(2)13-21-15-19-9-5-7-11-23(19)25(27-21)26-24-12-8-6-10-20(24)16-22(28-26)14-18(3)4/h5-12,17-18,21-22H,13-16H2,1-4H3/t21-,22-/m0/s1. The Hall–Kier alpha value is -2.22. The summed E-state index contributed by atoms with van der Waals surface area (Å²) in [6.07, 6.45) is 4.34. The van der Waals surface area contributed by atoms with Gasteiger partial charge in [0, 0.05) is 11.1 Å². The van der Waals surface area contributed by atoms with E-state index in [9.17, 15) is 0 Å². The van der Waals surface area contributed by atoms with Crippen molar-refractivity contribution < 1.29 is 0 Å². The van der Waals surface area contributed by atoms with Crippen LogP contribution in [0.2, 0.25) is 0 Å². The summed E-state index contributed by atoms with van der Waals surface area (Å²) >= 11 is 0. The van der Waals surface area contributed by atoms with E-state index in [4.69, 9.17) is 9.98 Å². The molecule has 0 spiro atoms. The molecule has 146 valence electrons. The second-order valence-electron chi connectivity index (χ2n) is 9.24. The fourth-order valence-electron chi connectivity index (χ4n) is 4.70. The first-order valence-electron chi connectivity index (χ1n) is 10.8. The molecule has 0 aromatic heterocycles. The van der Waals surface area contributed by atoms with Crippen LogP contribution in [0.15, 0.2) is 58.5 Å². The predicted molar refractivity (Wildman–Crippen MR) is 120 cm³/mol. The highest BCUT2D eigenvalue weighted by Crippen LogP contribution is 2.30. The lowest BCUT2D eigenvalue weighted by atomic mass is 9.83. The van der Waals surface area contributed by atoms with Gasteiger partial charge in [-0.15, -0.1) is 0 Å². The summed E-state index contributed by atoms with van der Waals surface area (Å²) < 4.78 is 0. The van der Waals surface area contributed by atoms with E-state index >= 15 is 0 Å². The van der Waals surface area contributed by atoms with E-state index in [1.807, 2.05) is 0 Å². The number of nitrogens with zero attached hydrogens (tertiary/aromatic N) is 2. The molecule has 0 fully saturated rings. The van der Waals surface area contributed by atoms with Gasteiger partial charge in [-0.2, -0.15) is 0 Å². The maximum atomic E-state index is 5.29. The molecule has 2 heterocycles. The van der Waals surface area contributed by atoms with Gasteiger partial charge in [0.15, 0.2) is 0 Å². The molecule has 2 aromatic rings. The van der Waals surface area contributed by atoms with Crippen molar-refractivity contribution in [3.8, 4) is 0 Å². The Labute approximate surface area is 169 Å². The minimum Gasteiger partial charge on any atom is -0.279 e. The minimum absolute atomic E-state index is 0.352. The Morgan fingerprint density at radius 3 is 1.46 bits per heavy atom. The Balaban J connectivity index is 1.82. The highest BCUT2D eigenvalue weighted by molar-refractivity contribution is 6.54. The Bertz CT molecular complexity index is 829. The van der Waals surface area contributed by atoms with Crippen molar-refractivity contribution in [2.45, 2.75) is 65.5 Å². The fraction of sp³-hybridized carbons (Fsp3) is 0.462. The first kappa shape index (κ1) is 19.1. The van der Waals surface area contributed by atoms with E-state index in [1.54, 1.807) is 0 Å². The molecule has 0 bridgehead atoms. The monoisotopic (exact) mass is 372 g/mol. The third-order valence-electron chi connectivity index (χ3n) is 5.79. The molecule has 2 aliphatic heterocycles. The van der Waals surface area contributed by atoms with Crippen LogP contribution in [-0.4, -0.2) is 23.5 Å². The maximum Gasteiger partial charge on any atom is 0.0911 e. The molecule has 0 aliphatic carbocycles. The van der Waals surface area contributed by atoms with E-state index in [0.717, 1.165) is 37.1 Å². The highest BCUT2D eigenvalue weighted by Gasteiger charge is 2.29. The zero-order valence-corrected chi connectivity index (χ0v) is 17.7. The number of aliphatic imine (C=N–C) groups is 2. The zero-order chi connectivity index (χ0) is 19.7. The number of benzene rings is 2. The lowest BCUT2D eigenvalue weighted by molar-refractivity contribution is 0.489. The first-order chi connectivity index (χ1) is 13.5. The normalized spacial score (nSPS) is 21.2. The summed E-state index contributed by atoms with van der Waals surface area (Å²) in [5.74, 6) is 1.30. The molecule has 2 aliphatic rings. The molecule has 0 amide bonds. The lowest BCUT2D eigenvalue weighted by Crippen LogP contribution is -2.32. The molecule has 4 rings (SSSR count). The molecule has 2 atom stereocenters. The number of hydrogen-bond donors (Lipinski definition) is 0. The van der Waals surface area contributed by atoms with Crippen LogP contribution in [0.4, 0.5) is 0 Å². The van der Waals surface area contributed by atoms with E-state index < -0.39 is 0 Å². The molecule has 2 nitrogen and oxygen atoms in total. The minimum atomic E-state index is 0.352. The van der Waals surface area contributed by atoms with E-state index in [0.29, 0.717) is 23.9 Å². The van der Waals surface area contributed by atoms with Gasteiger partial charge in [0.2, 0.25) is 0 Å². The third-order valence-corrected chi connectivity index (χ3v) is 5.79. The van der Waals surface area contributed by atoms with E-state index in [1.165, 1.54) is 22.3 Å². The molecule has 0 saturated heterocycles. The summed E-state index contributed by atoms with van der Waals surface area (Å²) in [7, 11) is 0. The van der Waals surface area contributed by atoms with Crippen LogP contribution in [0.5, 0.6) is 0 Å². The summed E-state index contributed by atoms with van der Waals surface area (Å²) in [5, 5.41) is 0. The Morgan fingerprint density at radius 1 is 0.679 bits per heavy atom. The third kappa shape index (κ3) is 3.97.